The second-order valence-electron chi connectivity index (χ2n) is 6.86. The quantitative estimate of drug-likeness (QED) is 0.592. The normalized spacial score (nSPS) is 13.8. The molecule has 2 nitrogen and oxygen atoms in total. The number of hydrogen-bond acceptors (Lipinski definition) is 3. The van der Waals surface area contributed by atoms with Gasteiger partial charge in [0.2, 0.25) is 0 Å². The zero-order chi connectivity index (χ0) is 18.1. The molecule has 0 aliphatic rings. The summed E-state index contributed by atoms with van der Waals surface area (Å²) in [7, 11) is 0. The van der Waals surface area contributed by atoms with Crippen LogP contribution in [0.25, 0.3) is 0 Å². The average molecular weight is 358 g/mol. The van der Waals surface area contributed by atoms with Crippen LogP contribution in [0.5, 0.6) is 0 Å². The largest absolute Gasteiger partial charge is 0.391 e. The van der Waals surface area contributed by atoms with Crippen molar-refractivity contribution >= 4 is 11.8 Å². The Kier molecular flexibility index (Phi) is 8.53. The molecule has 2 unspecified atom stereocenters. The topological polar surface area (TPSA) is 32.3 Å². The lowest BCUT2D eigenvalue weighted by molar-refractivity contribution is 0.154. The van der Waals surface area contributed by atoms with Gasteiger partial charge < -0.3 is 10.4 Å². The number of nitrogens with one attached hydrogen (secondary N) is 1. The summed E-state index contributed by atoms with van der Waals surface area (Å²) in [4.78, 5) is 1.30. The Hall–Kier alpha value is -1.29. The van der Waals surface area contributed by atoms with Crippen LogP contribution in [0, 0.1) is 5.92 Å². The first-order valence-corrected chi connectivity index (χ1v) is 10.3. The summed E-state index contributed by atoms with van der Waals surface area (Å²) >= 11 is 1.91. The van der Waals surface area contributed by atoms with Gasteiger partial charge in [-0.2, -0.15) is 0 Å². The standard InChI is InChI=1S/C22H31NOS/c1-4-23-16-21(24)22(18-8-6-5-7-9-18)19-10-12-20(13-11-19)25-15-14-17(2)3/h5-13,17,21-24H,4,14-16H2,1-3H3. The summed E-state index contributed by atoms with van der Waals surface area (Å²) in [5, 5.41) is 14.0. The van der Waals surface area contributed by atoms with Crippen molar-refractivity contribution in [3.63, 3.8) is 0 Å². The molecular formula is C22H31NOS. The molecule has 2 aromatic rings. The van der Waals surface area contributed by atoms with E-state index in [1.54, 1.807) is 0 Å². The molecule has 0 aliphatic carbocycles. The lowest BCUT2D eigenvalue weighted by atomic mass is 9.86. The van der Waals surface area contributed by atoms with Gasteiger partial charge in [-0.25, -0.2) is 0 Å². The van der Waals surface area contributed by atoms with Crippen LogP contribution >= 0.6 is 11.8 Å². The summed E-state index contributed by atoms with van der Waals surface area (Å²) in [6.45, 7) is 8.05. The fraction of sp³-hybridized carbons (Fsp3) is 0.455. The smallest absolute Gasteiger partial charge is 0.0773 e. The first kappa shape index (κ1) is 20.0. The lowest BCUT2D eigenvalue weighted by Crippen LogP contribution is -2.32. The Labute approximate surface area is 157 Å². The highest BCUT2D eigenvalue weighted by Crippen LogP contribution is 2.30. The van der Waals surface area contributed by atoms with Crippen LogP contribution < -0.4 is 5.32 Å². The molecule has 136 valence electrons. The number of hydrogen-bond donors (Lipinski definition) is 2. The van der Waals surface area contributed by atoms with E-state index >= 15 is 0 Å². The number of likely N-dealkylation sites (N-methyl/N-ethyl adjacent to an activating group) is 1. The van der Waals surface area contributed by atoms with Crippen molar-refractivity contribution < 1.29 is 5.11 Å². The molecular weight excluding hydrogens is 326 g/mol. The number of benzene rings is 2. The zero-order valence-electron chi connectivity index (χ0n) is 15.6. The van der Waals surface area contributed by atoms with Gasteiger partial charge in [0.1, 0.15) is 0 Å². The molecule has 0 aliphatic heterocycles. The molecule has 0 radical (unpaired) electrons. The number of aliphatic hydroxyl groups is 1. The second kappa shape index (κ2) is 10.6. The van der Waals surface area contributed by atoms with Crippen molar-refractivity contribution in [3.05, 3.63) is 65.7 Å². The third-order valence-corrected chi connectivity index (χ3v) is 5.40. The summed E-state index contributed by atoms with van der Waals surface area (Å²) in [5.74, 6) is 1.90. The zero-order valence-corrected chi connectivity index (χ0v) is 16.4. The first-order chi connectivity index (χ1) is 12.1. The van der Waals surface area contributed by atoms with Gasteiger partial charge in [-0.1, -0.05) is 63.2 Å². The van der Waals surface area contributed by atoms with Gasteiger partial charge in [-0.15, -0.1) is 11.8 Å². The van der Waals surface area contributed by atoms with E-state index in [2.05, 4.69) is 62.5 Å². The highest BCUT2D eigenvalue weighted by Gasteiger charge is 2.22. The van der Waals surface area contributed by atoms with Crippen LogP contribution in [-0.4, -0.2) is 30.1 Å². The number of rotatable bonds is 10. The molecule has 3 heteroatoms. The molecule has 0 spiro atoms. The summed E-state index contributed by atoms with van der Waals surface area (Å²) in [5.41, 5.74) is 2.33. The number of thioether (sulfide) groups is 1. The van der Waals surface area contributed by atoms with Gasteiger partial charge >= 0.3 is 0 Å². The van der Waals surface area contributed by atoms with Gasteiger partial charge in [-0.3, -0.25) is 0 Å². The third-order valence-electron chi connectivity index (χ3n) is 4.35. The molecule has 0 saturated carbocycles. The predicted molar refractivity (Wildman–Crippen MR) is 109 cm³/mol. The van der Waals surface area contributed by atoms with Crippen LogP contribution in [0.1, 0.15) is 44.2 Å². The maximum Gasteiger partial charge on any atom is 0.0773 e. The van der Waals surface area contributed by atoms with Crippen molar-refractivity contribution in [1.82, 2.24) is 5.32 Å². The summed E-state index contributed by atoms with van der Waals surface area (Å²) < 4.78 is 0. The molecule has 2 aromatic carbocycles. The van der Waals surface area contributed by atoms with E-state index in [0.717, 1.165) is 23.8 Å². The van der Waals surface area contributed by atoms with Crippen molar-refractivity contribution in [2.24, 2.45) is 5.92 Å². The van der Waals surface area contributed by atoms with Crippen LogP contribution in [0.4, 0.5) is 0 Å². The molecule has 0 bridgehead atoms. The predicted octanol–water partition coefficient (Wildman–Crippen LogP) is 4.93. The van der Waals surface area contributed by atoms with E-state index in [1.807, 2.05) is 30.0 Å². The minimum absolute atomic E-state index is 0.00466. The molecule has 0 fully saturated rings. The van der Waals surface area contributed by atoms with E-state index in [9.17, 15) is 5.11 Å². The van der Waals surface area contributed by atoms with E-state index in [1.165, 1.54) is 16.9 Å². The first-order valence-electron chi connectivity index (χ1n) is 9.28. The second-order valence-corrected chi connectivity index (χ2v) is 8.03. The molecule has 0 amide bonds. The maximum absolute atomic E-state index is 10.8. The average Bonchev–Trinajstić information content (AvgIpc) is 2.62. The minimum Gasteiger partial charge on any atom is -0.391 e. The Morgan fingerprint density at radius 1 is 0.960 bits per heavy atom. The van der Waals surface area contributed by atoms with E-state index in [-0.39, 0.29) is 5.92 Å². The number of aliphatic hydroxyl groups excluding tert-OH is 1. The molecule has 2 atom stereocenters. The molecule has 0 aromatic heterocycles. The fourth-order valence-electron chi connectivity index (χ4n) is 2.89. The van der Waals surface area contributed by atoms with Crippen LogP contribution in [0.15, 0.2) is 59.5 Å². The Morgan fingerprint density at radius 2 is 1.60 bits per heavy atom. The Morgan fingerprint density at radius 3 is 2.20 bits per heavy atom. The Balaban J connectivity index is 2.14. The highest BCUT2D eigenvalue weighted by atomic mass is 32.2. The van der Waals surface area contributed by atoms with Gasteiger partial charge in [-0.05, 0) is 47.9 Å². The van der Waals surface area contributed by atoms with Gasteiger partial charge in [0.25, 0.3) is 0 Å². The minimum atomic E-state index is -0.443. The summed E-state index contributed by atoms with van der Waals surface area (Å²) in [6.07, 6.45) is 0.794. The highest BCUT2D eigenvalue weighted by molar-refractivity contribution is 7.99. The van der Waals surface area contributed by atoms with Gasteiger partial charge in [0, 0.05) is 17.4 Å². The third kappa shape index (κ3) is 6.50. The van der Waals surface area contributed by atoms with Crippen molar-refractivity contribution in [2.75, 3.05) is 18.8 Å². The SMILES string of the molecule is CCNCC(O)C(c1ccccc1)c1ccc(SCCC(C)C)cc1. The van der Waals surface area contributed by atoms with Gasteiger partial charge in [0.05, 0.1) is 6.10 Å². The maximum atomic E-state index is 10.8. The Bertz CT molecular complexity index is 597. The molecule has 25 heavy (non-hydrogen) atoms. The van der Waals surface area contributed by atoms with E-state index in [4.69, 9.17) is 0 Å². The van der Waals surface area contributed by atoms with Gasteiger partial charge in [0.15, 0.2) is 0 Å². The molecule has 0 saturated heterocycles. The summed E-state index contributed by atoms with van der Waals surface area (Å²) in [6, 6.07) is 19.0. The van der Waals surface area contributed by atoms with E-state index in [0.29, 0.717) is 6.54 Å². The van der Waals surface area contributed by atoms with E-state index < -0.39 is 6.10 Å². The molecule has 0 heterocycles. The van der Waals surface area contributed by atoms with Crippen LogP contribution in [0.2, 0.25) is 0 Å². The van der Waals surface area contributed by atoms with Crippen molar-refractivity contribution in [1.29, 1.82) is 0 Å². The molecule has 2 rings (SSSR count). The molecule has 2 N–H and O–H groups in total. The monoisotopic (exact) mass is 357 g/mol. The van der Waals surface area contributed by atoms with Crippen molar-refractivity contribution in [2.45, 2.75) is 44.1 Å². The lowest BCUT2D eigenvalue weighted by Gasteiger charge is -2.24. The van der Waals surface area contributed by atoms with Crippen LogP contribution in [-0.2, 0) is 0 Å². The fourth-order valence-corrected chi connectivity index (χ4v) is 4.04. The van der Waals surface area contributed by atoms with Crippen LogP contribution in [0.3, 0.4) is 0 Å². The van der Waals surface area contributed by atoms with Crippen molar-refractivity contribution in [3.8, 4) is 0 Å².